The molecule has 0 amide bonds. The van der Waals surface area contributed by atoms with E-state index in [1.165, 1.54) is 6.20 Å². The Kier molecular flexibility index (Phi) is 3.62. The number of nitrogens with zero attached hydrogens (tertiary/aromatic N) is 3. The summed E-state index contributed by atoms with van der Waals surface area (Å²) >= 11 is 0. The number of rotatable bonds is 5. The molecule has 0 aliphatic heterocycles. The predicted octanol–water partition coefficient (Wildman–Crippen LogP) is 0.525. The SMILES string of the molecule is CC(C)N(CCO)c1cn[nH]c1[N+](=O)[O-]. The molecule has 0 unspecified atom stereocenters. The Morgan fingerprint density at radius 3 is 2.87 bits per heavy atom. The normalized spacial score (nSPS) is 10.7. The van der Waals surface area contributed by atoms with Crippen molar-refractivity contribution in [3.8, 4) is 0 Å². The van der Waals surface area contributed by atoms with Gasteiger partial charge in [-0.05, 0) is 18.8 Å². The van der Waals surface area contributed by atoms with Crippen LogP contribution in [0.1, 0.15) is 13.8 Å². The van der Waals surface area contributed by atoms with Crippen molar-refractivity contribution in [3.63, 3.8) is 0 Å². The van der Waals surface area contributed by atoms with E-state index in [4.69, 9.17) is 5.11 Å². The van der Waals surface area contributed by atoms with Crippen LogP contribution in [0.4, 0.5) is 11.5 Å². The van der Waals surface area contributed by atoms with Gasteiger partial charge in [0.05, 0.1) is 6.61 Å². The van der Waals surface area contributed by atoms with Crippen LogP contribution in [-0.4, -0.2) is 39.4 Å². The summed E-state index contributed by atoms with van der Waals surface area (Å²) in [6.45, 7) is 4.08. The van der Waals surface area contributed by atoms with Gasteiger partial charge in [-0.3, -0.25) is 0 Å². The van der Waals surface area contributed by atoms with Gasteiger partial charge in [0, 0.05) is 12.6 Å². The summed E-state index contributed by atoms with van der Waals surface area (Å²) in [6, 6.07) is 0.0634. The van der Waals surface area contributed by atoms with Gasteiger partial charge in [-0.2, -0.15) is 0 Å². The molecule has 2 N–H and O–H groups in total. The second kappa shape index (κ2) is 4.74. The van der Waals surface area contributed by atoms with Crippen LogP contribution < -0.4 is 4.90 Å². The smallest absolute Gasteiger partial charge is 0.366 e. The van der Waals surface area contributed by atoms with Crippen molar-refractivity contribution in [2.75, 3.05) is 18.1 Å². The lowest BCUT2D eigenvalue weighted by atomic mass is 10.3. The zero-order valence-electron chi connectivity index (χ0n) is 8.67. The topological polar surface area (TPSA) is 95.3 Å². The number of aromatic nitrogens is 2. The molecule has 84 valence electrons. The standard InChI is InChI=1S/C8H14N4O3/c1-6(2)11(3-4-13)7-5-9-10-8(7)12(14)15/h5-6,13H,3-4H2,1-2H3,(H,9,10). The molecule has 0 saturated carbocycles. The lowest BCUT2D eigenvalue weighted by Crippen LogP contribution is -2.33. The average Bonchev–Trinajstić information content (AvgIpc) is 2.61. The van der Waals surface area contributed by atoms with Gasteiger partial charge in [-0.25, -0.2) is 0 Å². The summed E-state index contributed by atoms with van der Waals surface area (Å²) in [6.07, 6.45) is 1.40. The van der Waals surface area contributed by atoms with Crippen LogP contribution in [0.15, 0.2) is 6.20 Å². The largest absolute Gasteiger partial charge is 0.395 e. The maximum Gasteiger partial charge on any atom is 0.366 e. The maximum atomic E-state index is 10.7. The Morgan fingerprint density at radius 2 is 2.40 bits per heavy atom. The number of anilines is 1. The minimum atomic E-state index is -0.519. The molecule has 0 fully saturated rings. The van der Waals surface area contributed by atoms with Crippen LogP contribution in [-0.2, 0) is 0 Å². The average molecular weight is 214 g/mol. The molecule has 0 atom stereocenters. The number of H-pyrrole nitrogens is 1. The van der Waals surface area contributed by atoms with E-state index in [2.05, 4.69) is 10.2 Å². The number of nitro groups is 1. The van der Waals surface area contributed by atoms with Crippen molar-refractivity contribution in [2.24, 2.45) is 0 Å². The lowest BCUT2D eigenvalue weighted by Gasteiger charge is -2.25. The molecule has 0 aromatic carbocycles. The van der Waals surface area contributed by atoms with Gasteiger partial charge in [0.1, 0.15) is 6.20 Å². The Labute approximate surface area is 86.9 Å². The third-order valence-electron chi connectivity index (χ3n) is 2.06. The fraction of sp³-hybridized carbons (Fsp3) is 0.625. The lowest BCUT2D eigenvalue weighted by molar-refractivity contribution is -0.388. The summed E-state index contributed by atoms with van der Waals surface area (Å²) in [5.41, 5.74) is 0.407. The Balaban J connectivity index is 3.00. The van der Waals surface area contributed by atoms with Crippen molar-refractivity contribution >= 4 is 11.5 Å². The monoisotopic (exact) mass is 214 g/mol. The third-order valence-corrected chi connectivity index (χ3v) is 2.06. The van der Waals surface area contributed by atoms with Gasteiger partial charge in [-0.15, -0.1) is 5.10 Å². The first-order valence-electron chi connectivity index (χ1n) is 4.63. The molecule has 7 nitrogen and oxygen atoms in total. The zero-order chi connectivity index (χ0) is 11.4. The molecular formula is C8H14N4O3. The minimum absolute atomic E-state index is 0.0550. The fourth-order valence-electron chi connectivity index (χ4n) is 1.38. The second-order valence-electron chi connectivity index (χ2n) is 3.37. The summed E-state index contributed by atoms with van der Waals surface area (Å²) < 4.78 is 0. The molecule has 0 spiro atoms. The molecule has 1 heterocycles. The van der Waals surface area contributed by atoms with Crippen LogP contribution in [0, 0.1) is 10.1 Å². The maximum absolute atomic E-state index is 10.7. The van der Waals surface area contributed by atoms with Crippen LogP contribution in [0.2, 0.25) is 0 Å². The molecule has 0 aliphatic rings. The molecule has 1 aromatic rings. The fourth-order valence-corrected chi connectivity index (χ4v) is 1.38. The molecule has 0 saturated heterocycles. The molecular weight excluding hydrogens is 200 g/mol. The molecule has 7 heteroatoms. The summed E-state index contributed by atoms with van der Waals surface area (Å²) in [5, 5.41) is 25.5. The van der Waals surface area contributed by atoms with E-state index in [0.717, 1.165) is 0 Å². The van der Waals surface area contributed by atoms with Crippen molar-refractivity contribution in [1.82, 2.24) is 10.2 Å². The summed E-state index contributed by atoms with van der Waals surface area (Å²) in [4.78, 5) is 11.9. The predicted molar refractivity (Wildman–Crippen MR) is 54.8 cm³/mol. The molecule has 0 radical (unpaired) electrons. The second-order valence-corrected chi connectivity index (χ2v) is 3.37. The van der Waals surface area contributed by atoms with Crippen LogP contribution in [0.3, 0.4) is 0 Å². The highest BCUT2D eigenvalue weighted by molar-refractivity contribution is 5.58. The number of hydrogen-bond acceptors (Lipinski definition) is 5. The highest BCUT2D eigenvalue weighted by Crippen LogP contribution is 2.26. The van der Waals surface area contributed by atoms with Crippen LogP contribution >= 0.6 is 0 Å². The van der Waals surface area contributed by atoms with Crippen molar-refractivity contribution in [3.05, 3.63) is 16.3 Å². The third kappa shape index (κ3) is 2.44. The minimum Gasteiger partial charge on any atom is -0.395 e. The summed E-state index contributed by atoms with van der Waals surface area (Å²) in [7, 11) is 0. The van der Waals surface area contributed by atoms with Crippen LogP contribution in [0.25, 0.3) is 0 Å². The number of aromatic amines is 1. The Morgan fingerprint density at radius 1 is 1.73 bits per heavy atom. The van der Waals surface area contributed by atoms with Gasteiger partial charge in [-0.1, -0.05) is 5.10 Å². The molecule has 0 bridgehead atoms. The van der Waals surface area contributed by atoms with Crippen molar-refractivity contribution < 1.29 is 10.0 Å². The zero-order valence-corrected chi connectivity index (χ0v) is 8.67. The van der Waals surface area contributed by atoms with E-state index in [1.807, 2.05) is 13.8 Å². The Hall–Kier alpha value is -1.63. The summed E-state index contributed by atoms with van der Waals surface area (Å²) in [5.74, 6) is -0.142. The van der Waals surface area contributed by atoms with Crippen molar-refractivity contribution in [2.45, 2.75) is 19.9 Å². The van der Waals surface area contributed by atoms with E-state index in [-0.39, 0.29) is 18.5 Å². The molecule has 0 aliphatic carbocycles. The quantitative estimate of drug-likeness (QED) is 0.550. The van der Waals surface area contributed by atoms with E-state index in [9.17, 15) is 10.1 Å². The Bertz CT molecular complexity index is 336. The molecule has 15 heavy (non-hydrogen) atoms. The highest BCUT2D eigenvalue weighted by Gasteiger charge is 2.22. The van der Waals surface area contributed by atoms with E-state index in [0.29, 0.717) is 12.2 Å². The number of nitrogens with one attached hydrogen (secondary N) is 1. The van der Waals surface area contributed by atoms with E-state index >= 15 is 0 Å². The number of hydrogen-bond donors (Lipinski definition) is 2. The first-order chi connectivity index (χ1) is 7.07. The van der Waals surface area contributed by atoms with Gasteiger partial charge >= 0.3 is 5.82 Å². The van der Waals surface area contributed by atoms with E-state index in [1.54, 1.807) is 4.90 Å². The molecule has 1 rings (SSSR count). The van der Waals surface area contributed by atoms with E-state index < -0.39 is 4.92 Å². The van der Waals surface area contributed by atoms with Crippen LogP contribution in [0.5, 0.6) is 0 Å². The van der Waals surface area contributed by atoms with Gasteiger partial charge < -0.3 is 20.1 Å². The van der Waals surface area contributed by atoms with Crippen molar-refractivity contribution in [1.29, 1.82) is 0 Å². The highest BCUT2D eigenvalue weighted by atomic mass is 16.6. The van der Waals surface area contributed by atoms with Gasteiger partial charge in [0.2, 0.25) is 0 Å². The van der Waals surface area contributed by atoms with Gasteiger partial charge in [0.25, 0.3) is 0 Å². The number of aliphatic hydroxyl groups is 1. The number of aliphatic hydroxyl groups excluding tert-OH is 1. The first-order valence-corrected chi connectivity index (χ1v) is 4.63. The van der Waals surface area contributed by atoms with Gasteiger partial charge in [0.15, 0.2) is 5.69 Å². The molecule has 1 aromatic heterocycles. The first kappa shape index (κ1) is 11.4.